The van der Waals surface area contributed by atoms with E-state index >= 15 is 0 Å². The lowest BCUT2D eigenvalue weighted by molar-refractivity contribution is -0.490. The molecule has 0 aromatic rings. The van der Waals surface area contributed by atoms with Crippen LogP contribution in [0.15, 0.2) is 0 Å². The molecule has 0 saturated carbocycles. The first-order valence-electron chi connectivity index (χ1n) is 3.62. The van der Waals surface area contributed by atoms with Crippen LogP contribution < -0.4 is 0 Å². The highest BCUT2D eigenvalue weighted by Gasteiger charge is 1.88. The summed E-state index contributed by atoms with van der Waals surface area (Å²) in [6, 6.07) is 0. The zero-order valence-electron chi connectivity index (χ0n) is 6.38. The third-order valence-corrected chi connectivity index (χ3v) is 1.27. The summed E-state index contributed by atoms with van der Waals surface area (Å²) >= 11 is 0. The monoisotopic (exact) mass is 147 g/mol. The van der Waals surface area contributed by atoms with E-state index in [1.807, 2.05) is 6.92 Å². The van der Waals surface area contributed by atoms with Crippen LogP contribution in [0.2, 0.25) is 0 Å². The highest BCUT2D eigenvalue weighted by molar-refractivity contribution is 4.54. The van der Waals surface area contributed by atoms with Gasteiger partial charge in [0.2, 0.25) is 0 Å². The number of unbranched alkanes of at least 4 members (excludes halogenated alkanes) is 4. The maximum absolute atomic E-state index is 7.74. The van der Waals surface area contributed by atoms with E-state index in [0.29, 0.717) is 6.61 Å². The van der Waals surface area contributed by atoms with Crippen molar-refractivity contribution in [2.45, 2.75) is 32.6 Å². The van der Waals surface area contributed by atoms with Crippen molar-refractivity contribution in [1.29, 1.82) is 0 Å². The van der Waals surface area contributed by atoms with E-state index in [1.54, 1.807) is 0 Å². The molecule has 10 heavy (non-hydrogen) atoms. The highest BCUT2D eigenvalue weighted by atomic mass is 17.5. The van der Waals surface area contributed by atoms with Gasteiger partial charge in [-0.1, -0.05) is 31.2 Å². The predicted molar refractivity (Wildman–Crippen MR) is 38.1 cm³/mol. The van der Waals surface area contributed by atoms with Gasteiger partial charge in [0.1, 0.15) is 0 Å². The minimum atomic E-state index is 0.472. The molecule has 0 rings (SSSR count). The number of hydrogen-bond donors (Lipinski definition) is 1. The fourth-order valence-electron chi connectivity index (χ4n) is 0.723. The van der Waals surface area contributed by atoms with Gasteiger partial charge >= 0.3 is 0 Å². The Bertz CT molecular complexity index is 48.8. The van der Waals surface area contributed by atoms with Crippen molar-refractivity contribution in [2.24, 2.45) is 0 Å². The van der Waals surface area contributed by atoms with E-state index in [9.17, 15) is 0 Å². The summed E-state index contributed by atoms with van der Waals surface area (Å²) in [5.41, 5.74) is 0. The van der Waals surface area contributed by atoms with E-state index in [2.05, 4.69) is 16.3 Å². The molecule has 0 aromatic carbocycles. The molecule has 0 saturated heterocycles. The van der Waals surface area contributed by atoms with Gasteiger partial charge < -0.3 is 0 Å². The molecule has 0 heterocycles. The van der Waals surface area contributed by atoms with Crippen LogP contribution in [0.4, 0.5) is 0 Å². The van der Waals surface area contributed by atoms with Gasteiger partial charge in [0.15, 0.2) is 0 Å². The normalized spacial score (nSPS) is 10.2. The van der Waals surface area contributed by atoms with E-state index in [1.165, 1.54) is 6.42 Å². The van der Waals surface area contributed by atoms with Crippen molar-refractivity contribution >= 4 is 0 Å². The highest BCUT2D eigenvalue weighted by Crippen LogP contribution is 2.01. The van der Waals surface area contributed by atoms with E-state index in [-0.39, 0.29) is 0 Å². The van der Waals surface area contributed by atoms with Gasteiger partial charge in [0.05, 0.1) is 6.61 Å². The zero-order chi connectivity index (χ0) is 7.66. The number of rotatable bonds is 7. The maximum atomic E-state index is 7.74. The Balaban J connectivity index is 2.65. The molecule has 0 atom stereocenters. The van der Waals surface area contributed by atoms with Crippen LogP contribution in [0.1, 0.15) is 32.6 Å². The summed E-state index contributed by atoms with van der Waals surface area (Å²) in [6.07, 6.45) is 6.54. The molecule has 0 aliphatic heterocycles. The molecule has 3 nitrogen and oxygen atoms in total. The van der Waals surface area contributed by atoms with Gasteiger partial charge in [-0.2, -0.15) is 0 Å². The Morgan fingerprint density at radius 2 is 2.10 bits per heavy atom. The molecular weight excluding hydrogens is 132 g/mol. The smallest absolute Gasteiger partial charge is 0.0853 e. The van der Waals surface area contributed by atoms with Crippen LogP contribution >= 0.6 is 0 Å². The van der Waals surface area contributed by atoms with Crippen molar-refractivity contribution < 1.29 is 15.2 Å². The van der Waals surface area contributed by atoms with Crippen LogP contribution in [-0.4, -0.2) is 11.9 Å². The van der Waals surface area contributed by atoms with Gasteiger partial charge in [0, 0.05) is 0 Å². The average molecular weight is 147 g/mol. The second-order valence-corrected chi connectivity index (χ2v) is 2.15. The Kier molecular flexibility index (Phi) is 8.77. The first-order chi connectivity index (χ1) is 4.91. The summed E-state index contributed by atoms with van der Waals surface area (Å²) in [5, 5.41) is 11.2. The standard InChI is InChI=1S/C7H15O3/c1-2-3-4-5-6-7-9-10-8/h2,8H,3-7H2,1H3. The Morgan fingerprint density at radius 1 is 1.30 bits per heavy atom. The predicted octanol–water partition coefficient (Wildman–Crippen LogP) is 2.19. The van der Waals surface area contributed by atoms with Crippen molar-refractivity contribution in [1.82, 2.24) is 0 Å². The molecule has 0 aliphatic carbocycles. The zero-order valence-corrected chi connectivity index (χ0v) is 6.38. The third kappa shape index (κ3) is 7.88. The summed E-state index contributed by atoms with van der Waals surface area (Å²) in [4.78, 5) is 4.26. The Hall–Kier alpha value is -0.120. The molecule has 0 fully saturated rings. The van der Waals surface area contributed by atoms with Crippen LogP contribution in [0.5, 0.6) is 0 Å². The molecule has 3 heteroatoms. The molecule has 0 unspecified atom stereocenters. The van der Waals surface area contributed by atoms with Crippen molar-refractivity contribution in [3.05, 3.63) is 6.42 Å². The van der Waals surface area contributed by atoms with Crippen molar-refractivity contribution in [3.8, 4) is 0 Å². The van der Waals surface area contributed by atoms with Gasteiger partial charge in [-0.25, -0.2) is 10.1 Å². The molecule has 0 spiro atoms. The van der Waals surface area contributed by atoms with Gasteiger partial charge in [-0.3, -0.25) is 0 Å². The molecular formula is C7H15O3. The van der Waals surface area contributed by atoms with Crippen LogP contribution in [-0.2, 0) is 9.93 Å². The molecule has 0 bridgehead atoms. The van der Waals surface area contributed by atoms with Gasteiger partial charge in [-0.15, -0.1) is 0 Å². The quantitative estimate of drug-likeness (QED) is 0.341. The lowest BCUT2D eigenvalue weighted by Crippen LogP contribution is -1.92. The average Bonchev–Trinajstić information content (AvgIpc) is 1.97. The molecule has 0 amide bonds. The van der Waals surface area contributed by atoms with Crippen LogP contribution in [0, 0.1) is 6.42 Å². The van der Waals surface area contributed by atoms with Crippen LogP contribution in [0.25, 0.3) is 0 Å². The van der Waals surface area contributed by atoms with Crippen LogP contribution in [0.3, 0.4) is 0 Å². The van der Waals surface area contributed by atoms with Crippen molar-refractivity contribution in [2.75, 3.05) is 6.61 Å². The summed E-state index contributed by atoms with van der Waals surface area (Å²) < 4.78 is 0. The van der Waals surface area contributed by atoms with E-state index < -0.39 is 0 Å². The van der Waals surface area contributed by atoms with Gasteiger partial charge in [0.25, 0.3) is 0 Å². The lowest BCUT2D eigenvalue weighted by atomic mass is 10.2. The second kappa shape index (κ2) is 8.88. The molecule has 1 N–H and O–H groups in total. The fourth-order valence-corrected chi connectivity index (χ4v) is 0.723. The third-order valence-electron chi connectivity index (χ3n) is 1.27. The first kappa shape index (κ1) is 9.88. The first-order valence-corrected chi connectivity index (χ1v) is 3.62. The number of hydrogen-bond acceptors (Lipinski definition) is 3. The SMILES string of the molecule is C[CH]CCCCCOOO. The molecule has 61 valence electrons. The van der Waals surface area contributed by atoms with E-state index in [4.69, 9.17) is 5.26 Å². The maximum Gasteiger partial charge on any atom is 0.0853 e. The fraction of sp³-hybridized carbons (Fsp3) is 0.857. The minimum absolute atomic E-state index is 0.472. The molecule has 0 aromatic heterocycles. The topological polar surface area (TPSA) is 38.7 Å². The summed E-state index contributed by atoms with van der Waals surface area (Å²) in [7, 11) is 0. The van der Waals surface area contributed by atoms with E-state index in [0.717, 1.165) is 19.3 Å². The largest absolute Gasteiger partial charge is 0.221 e. The molecule has 0 aliphatic rings. The summed E-state index contributed by atoms with van der Waals surface area (Å²) in [6.45, 7) is 2.52. The Morgan fingerprint density at radius 3 is 2.70 bits per heavy atom. The second-order valence-electron chi connectivity index (χ2n) is 2.15. The van der Waals surface area contributed by atoms with Crippen molar-refractivity contribution in [3.63, 3.8) is 0 Å². The molecule has 1 radical (unpaired) electrons. The summed E-state index contributed by atoms with van der Waals surface area (Å²) in [5.74, 6) is 0. The van der Waals surface area contributed by atoms with Gasteiger partial charge in [-0.05, 0) is 12.8 Å². The Labute approximate surface area is 61.8 Å². The minimum Gasteiger partial charge on any atom is -0.221 e. The lowest BCUT2D eigenvalue weighted by Gasteiger charge is -1.97.